The van der Waals surface area contributed by atoms with Gasteiger partial charge in [0.05, 0.1) is 30.6 Å². The van der Waals surface area contributed by atoms with Gasteiger partial charge in [0.15, 0.2) is 9.84 Å². The second-order valence-corrected chi connectivity index (χ2v) is 8.40. The molecule has 2 aliphatic heterocycles. The van der Waals surface area contributed by atoms with E-state index in [-0.39, 0.29) is 17.4 Å². The van der Waals surface area contributed by atoms with Gasteiger partial charge in [-0.2, -0.15) is 0 Å². The summed E-state index contributed by atoms with van der Waals surface area (Å²) >= 11 is 0. The lowest BCUT2D eigenvalue weighted by atomic mass is 10.1. The molecule has 2 heterocycles. The summed E-state index contributed by atoms with van der Waals surface area (Å²) in [6.45, 7) is 4.30. The predicted molar refractivity (Wildman–Crippen MR) is 87.9 cm³/mol. The molecule has 2 aliphatic rings. The number of nitrogens with one attached hydrogen (secondary N) is 1. The van der Waals surface area contributed by atoms with E-state index in [0.29, 0.717) is 12.1 Å². The van der Waals surface area contributed by atoms with Crippen molar-refractivity contribution in [3.05, 3.63) is 29.8 Å². The molecule has 1 unspecified atom stereocenters. The van der Waals surface area contributed by atoms with Crippen molar-refractivity contribution in [3.63, 3.8) is 0 Å². The zero-order valence-corrected chi connectivity index (χ0v) is 13.8. The SMILES string of the molecule is O=C(Nc1ccc(CN2CCOCC2)cc1)C1CCS(=O)(=O)C1. The standard InChI is InChI=1S/C16H22N2O4S/c19-16(14-5-10-23(20,21)12-14)17-15-3-1-13(2-4-15)11-18-6-8-22-9-7-18/h1-4,14H,5-12H2,(H,17,19). The number of carbonyl (C=O) groups excluding carboxylic acids is 1. The van der Waals surface area contributed by atoms with Crippen LogP contribution in [0.4, 0.5) is 5.69 Å². The molecule has 1 N–H and O–H groups in total. The number of morpholine rings is 1. The second kappa shape index (κ2) is 6.98. The lowest BCUT2D eigenvalue weighted by molar-refractivity contribution is -0.119. The summed E-state index contributed by atoms with van der Waals surface area (Å²) in [6.07, 6.45) is 0.420. The maximum atomic E-state index is 12.1. The van der Waals surface area contributed by atoms with Gasteiger partial charge in [-0.05, 0) is 24.1 Å². The van der Waals surface area contributed by atoms with Gasteiger partial charge in [-0.15, -0.1) is 0 Å². The van der Waals surface area contributed by atoms with Crippen molar-refractivity contribution in [1.29, 1.82) is 0 Å². The van der Waals surface area contributed by atoms with Crippen molar-refractivity contribution < 1.29 is 17.9 Å². The Labute approximate surface area is 136 Å². The molecule has 0 bridgehead atoms. The van der Waals surface area contributed by atoms with Crippen LogP contribution < -0.4 is 5.32 Å². The largest absolute Gasteiger partial charge is 0.379 e. The van der Waals surface area contributed by atoms with Gasteiger partial charge in [-0.25, -0.2) is 8.42 Å². The molecule has 1 amide bonds. The minimum absolute atomic E-state index is 0.0338. The Morgan fingerprint density at radius 2 is 1.91 bits per heavy atom. The Kier molecular flexibility index (Phi) is 4.99. The van der Waals surface area contributed by atoms with Gasteiger partial charge < -0.3 is 10.1 Å². The van der Waals surface area contributed by atoms with E-state index in [1.807, 2.05) is 24.3 Å². The van der Waals surface area contributed by atoms with E-state index < -0.39 is 15.8 Å². The van der Waals surface area contributed by atoms with Crippen molar-refractivity contribution in [2.45, 2.75) is 13.0 Å². The highest BCUT2D eigenvalue weighted by Crippen LogP contribution is 2.21. The quantitative estimate of drug-likeness (QED) is 0.882. The first kappa shape index (κ1) is 16.4. The Balaban J connectivity index is 1.54. The first-order chi connectivity index (χ1) is 11.0. The zero-order chi connectivity index (χ0) is 16.3. The highest BCUT2D eigenvalue weighted by Gasteiger charge is 2.32. The molecule has 1 atom stereocenters. The lowest BCUT2D eigenvalue weighted by Crippen LogP contribution is -2.35. The van der Waals surface area contributed by atoms with Crippen LogP contribution >= 0.6 is 0 Å². The molecule has 6 nitrogen and oxygen atoms in total. The van der Waals surface area contributed by atoms with Crippen molar-refractivity contribution in [2.24, 2.45) is 5.92 Å². The third-order valence-electron chi connectivity index (χ3n) is 4.33. The smallest absolute Gasteiger partial charge is 0.228 e. The van der Waals surface area contributed by atoms with Crippen molar-refractivity contribution in [1.82, 2.24) is 4.90 Å². The molecule has 0 aliphatic carbocycles. The zero-order valence-electron chi connectivity index (χ0n) is 13.0. The third-order valence-corrected chi connectivity index (χ3v) is 6.10. The normalized spacial score (nSPS) is 24.4. The highest BCUT2D eigenvalue weighted by atomic mass is 32.2. The number of hydrogen-bond donors (Lipinski definition) is 1. The van der Waals surface area contributed by atoms with E-state index in [2.05, 4.69) is 10.2 Å². The Morgan fingerprint density at radius 3 is 2.52 bits per heavy atom. The molecule has 2 fully saturated rings. The molecular weight excluding hydrogens is 316 g/mol. The Bertz CT molecular complexity index is 651. The number of nitrogens with zero attached hydrogens (tertiary/aromatic N) is 1. The number of ether oxygens (including phenoxy) is 1. The van der Waals surface area contributed by atoms with Gasteiger partial charge in [-0.3, -0.25) is 9.69 Å². The monoisotopic (exact) mass is 338 g/mol. The number of carbonyl (C=O) groups is 1. The van der Waals surface area contributed by atoms with Crippen LogP contribution in [-0.4, -0.2) is 57.0 Å². The number of rotatable bonds is 4. The molecule has 1 aromatic rings. The molecule has 0 radical (unpaired) electrons. The van der Waals surface area contributed by atoms with Crippen LogP contribution in [0.5, 0.6) is 0 Å². The van der Waals surface area contributed by atoms with Gasteiger partial charge in [-0.1, -0.05) is 12.1 Å². The van der Waals surface area contributed by atoms with E-state index in [9.17, 15) is 13.2 Å². The van der Waals surface area contributed by atoms with Crippen molar-refractivity contribution in [2.75, 3.05) is 43.1 Å². The van der Waals surface area contributed by atoms with E-state index >= 15 is 0 Å². The number of anilines is 1. The minimum atomic E-state index is -3.03. The Morgan fingerprint density at radius 1 is 1.22 bits per heavy atom. The Hall–Kier alpha value is -1.44. The molecule has 0 saturated carbocycles. The van der Waals surface area contributed by atoms with Crippen molar-refractivity contribution >= 4 is 21.4 Å². The summed E-state index contributed by atoms with van der Waals surface area (Å²) in [5, 5.41) is 2.82. The average molecular weight is 338 g/mol. The van der Waals surface area contributed by atoms with E-state index in [4.69, 9.17) is 4.74 Å². The number of amides is 1. The summed E-state index contributed by atoms with van der Waals surface area (Å²) in [7, 11) is -3.03. The topological polar surface area (TPSA) is 75.7 Å². The summed E-state index contributed by atoms with van der Waals surface area (Å²) in [5.74, 6) is -0.544. The highest BCUT2D eigenvalue weighted by molar-refractivity contribution is 7.91. The minimum Gasteiger partial charge on any atom is -0.379 e. The maximum Gasteiger partial charge on any atom is 0.228 e. The van der Waals surface area contributed by atoms with Crippen LogP contribution in [0.25, 0.3) is 0 Å². The van der Waals surface area contributed by atoms with Gasteiger partial charge in [0.1, 0.15) is 0 Å². The van der Waals surface area contributed by atoms with E-state index in [1.54, 1.807) is 0 Å². The lowest BCUT2D eigenvalue weighted by Gasteiger charge is -2.26. The van der Waals surface area contributed by atoms with Crippen molar-refractivity contribution in [3.8, 4) is 0 Å². The number of hydrogen-bond acceptors (Lipinski definition) is 5. The summed E-state index contributed by atoms with van der Waals surface area (Å²) < 4.78 is 28.2. The summed E-state index contributed by atoms with van der Waals surface area (Å²) in [6, 6.07) is 7.74. The average Bonchev–Trinajstić information content (AvgIpc) is 2.90. The van der Waals surface area contributed by atoms with Gasteiger partial charge >= 0.3 is 0 Å². The van der Waals surface area contributed by atoms with Crippen LogP contribution in [0, 0.1) is 5.92 Å². The molecule has 7 heteroatoms. The second-order valence-electron chi connectivity index (χ2n) is 6.17. The molecule has 23 heavy (non-hydrogen) atoms. The fraction of sp³-hybridized carbons (Fsp3) is 0.562. The molecule has 0 spiro atoms. The molecule has 1 aromatic carbocycles. The number of benzene rings is 1. The van der Waals surface area contributed by atoms with Crippen LogP contribution in [0.15, 0.2) is 24.3 Å². The predicted octanol–water partition coefficient (Wildman–Crippen LogP) is 0.892. The molecular formula is C16H22N2O4S. The van der Waals surface area contributed by atoms with Crippen LogP contribution in [0.2, 0.25) is 0 Å². The van der Waals surface area contributed by atoms with Gasteiger partial charge in [0, 0.05) is 25.3 Å². The van der Waals surface area contributed by atoms with Crippen LogP contribution in [0.1, 0.15) is 12.0 Å². The van der Waals surface area contributed by atoms with E-state index in [1.165, 1.54) is 5.56 Å². The molecule has 3 rings (SSSR count). The van der Waals surface area contributed by atoms with E-state index in [0.717, 1.165) is 32.8 Å². The first-order valence-corrected chi connectivity index (χ1v) is 9.74. The summed E-state index contributed by atoms with van der Waals surface area (Å²) in [5.41, 5.74) is 1.90. The third kappa shape index (κ3) is 4.53. The fourth-order valence-corrected chi connectivity index (χ4v) is 4.70. The summed E-state index contributed by atoms with van der Waals surface area (Å²) in [4.78, 5) is 14.4. The fourth-order valence-electron chi connectivity index (χ4n) is 2.96. The van der Waals surface area contributed by atoms with Gasteiger partial charge in [0.2, 0.25) is 5.91 Å². The molecule has 126 valence electrons. The molecule has 0 aromatic heterocycles. The van der Waals surface area contributed by atoms with Gasteiger partial charge in [0.25, 0.3) is 0 Å². The maximum absolute atomic E-state index is 12.1. The molecule has 2 saturated heterocycles. The first-order valence-electron chi connectivity index (χ1n) is 7.92. The number of sulfone groups is 1. The van der Waals surface area contributed by atoms with Crippen LogP contribution in [0.3, 0.4) is 0 Å². The van der Waals surface area contributed by atoms with Crippen LogP contribution in [-0.2, 0) is 25.9 Å².